The molecule has 1 aromatic heterocycles. The molecule has 0 radical (unpaired) electrons. The Bertz CT molecular complexity index is 454. The lowest BCUT2D eigenvalue weighted by Gasteiger charge is -2.04. The fourth-order valence-electron chi connectivity index (χ4n) is 1.76. The van der Waals surface area contributed by atoms with Crippen molar-refractivity contribution in [3.8, 4) is 11.1 Å². The van der Waals surface area contributed by atoms with Crippen LogP contribution in [0.1, 0.15) is 16.0 Å². The van der Waals surface area contributed by atoms with Gasteiger partial charge in [-0.05, 0) is 35.9 Å². The number of benzene rings is 1. The van der Waals surface area contributed by atoms with Crippen molar-refractivity contribution in [1.82, 2.24) is 0 Å². The largest absolute Gasteiger partial charge is 0.326 e. The van der Waals surface area contributed by atoms with E-state index in [-0.39, 0.29) is 0 Å². The number of hydrogen-bond donors (Lipinski definition) is 1. The van der Waals surface area contributed by atoms with Crippen molar-refractivity contribution in [2.24, 2.45) is 5.73 Å². The zero-order chi connectivity index (χ0) is 10.8. The van der Waals surface area contributed by atoms with Gasteiger partial charge in [-0.25, -0.2) is 0 Å². The van der Waals surface area contributed by atoms with Gasteiger partial charge in [0, 0.05) is 11.4 Å². The van der Waals surface area contributed by atoms with Crippen LogP contribution in [0.15, 0.2) is 29.6 Å². The molecule has 78 valence electrons. The number of rotatable bonds is 2. The Kier molecular flexibility index (Phi) is 2.89. The maximum Gasteiger partial charge on any atom is 0.0192 e. The first-order chi connectivity index (χ1) is 7.22. The Balaban J connectivity index is 2.52. The quantitative estimate of drug-likeness (QED) is 0.818. The lowest BCUT2D eigenvalue weighted by atomic mass is 10.0. The second-order valence-corrected chi connectivity index (χ2v) is 4.85. The monoisotopic (exact) mass is 217 g/mol. The molecule has 0 spiro atoms. The van der Waals surface area contributed by atoms with Crippen LogP contribution < -0.4 is 5.73 Å². The minimum absolute atomic E-state index is 0.619. The Morgan fingerprint density at radius 3 is 2.40 bits per heavy atom. The molecule has 2 rings (SSSR count). The second-order valence-electron chi connectivity index (χ2n) is 3.76. The molecule has 1 heterocycles. The summed E-state index contributed by atoms with van der Waals surface area (Å²) in [6.07, 6.45) is 0. The molecule has 0 amide bonds. The van der Waals surface area contributed by atoms with Crippen LogP contribution in [0.25, 0.3) is 11.1 Å². The highest BCUT2D eigenvalue weighted by atomic mass is 32.1. The summed E-state index contributed by atoms with van der Waals surface area (Å²) in [6, 6.07) is 8.63. The molecule has 1 nitrogen and oxygen atoms in total. The summed E-state index contributed by atoms with van der Waals surface area (Å²) in [5.41, 5.74) is 10.9. The first-order valence-electron chi connectivity index (χ1n) is 5.06. The van der Waals surface area contributed by atoms with E-state index in [1.54, 1.807) is 11.3 Å². The molecule has 0 aliphatic rings. The van der Waals surface area contributed by atoms with E-state index < -0.39 is 0 Å². The molecular formula is C13H15NS. The highest BCUT2D eigenvalue weighted by Gasteiger charge is 2.08. The molecule has 0 fully saturated rings. The average Bonchev–Trinajstić information content (AvgIpc) is 2.61. The van der Waals surface area contributed by atoms with Crippen LogP contribution in [0.3, 0.4) is 0 Å². The smallest absolute Gasteiger partial charge is 0.0192 e. The third-order valence-corrected chi connectivity index (χ3v) is 3.57. The van der Waals surface area contributed by atoms with Gasteiger partial charge in [0.25, 0.3) is 0 Å². The van der Waals surface area contributed by atoms with Crippen LogP contribution in [0.4, 0.5) is 0 Å². The summed E-state index contributed by atoms with van der Waals surface area (Å²) in [4.78, 5) is 1.35. The first-order valence-corrected chi connectivity index (χ1v) is 5.94. The molecule has 2 aromatic rings. The fourth-order valence-corrected chi connectivity index (χ4v) is 2.66. The van der Waals surface area contributed by atoms with E-state index in [0.717, 1.165) is 0 Å². The van der Waals surface area contributed by atoms with Gasteiger partial charge in [0.15, 0.2) is 0 Å². The van der Waals surface area contributed by atoms with Crippen LogP contribution in [0.2, 0.25) is 0 Å². The molecule has 0 aliphatic heterocycles. The van der Waals surface area contributed by atoms with Crippen molar-refractivity contribution >= 4 is 11.3 Å². The van der Waals surface area contributed by atoms with Crippen molar-refractivity contribution in [2.45, 2.75) is 20.4 Å². The number of nitrogens with two attached hydrogens (primary N) is 1. The van der Waals surface area contributed by atoms with Crippen molar-refractivity contribution in [3.05, 3.63) is 45.6 Å². The van der Waals surface area contributed by atoms with Crippen molar-refractivity contribution in [1.29, 1.82) is 0 Å². The molecule has 0 bridgehead atoms. The third-order valence-electron chi connectivity index (χ3n) is 2.61. The molecule has 2 heteroatoms. The molecule has 15 heavy (non-hydrogen) atoms. The van der Waals surface area contributed by atoms with E-state index in [0.29, 0.717) is 6.54 Å². The van der Waals surface area contributed by atoms with E-state index in [4.69, 9.17) is 5.73 Å². The zero-order valence-corrected chi connectivity index (χ0v) is 9.90. The maximum absolute atomic E-state index is 5.74. The summed E-state index contributed by atoms with van der Waals surface area (Å²) in [5.74, 6) is 0. The molecule has 0 aliphatic carbocycles. The highest BCUT2D eigenvalue weighted by Crippen LogP contribution is 2.32. The minimum Gasteiger partial charge on any atom is -0.326 e. The van der Waals surface area contributed by atoms with Gasteiger partial charge in [-0.2, -0.15) is 0 Å². The summed E-state index contributed by atoms with van der Waals surface area (Å²) in [6.45, 7) is 4.88. The predicted octanol–water partition coefficient (Wildman–Crippen LogP) is 3.49. The summed E-state index contributed by atoms with van der Waals surface area (Å²) < 4.78 is 0. The van der Waals surface area contributed by atoms with Gasteiger partial charge in [0.2, 0.25) is 0 Å². The Hall–Kier alpha value is -1.12. The standard InChI is InChI=1S/C13H15NS/c1-9-3-5-11(6-4-9)13-10(2)15-8-12(13)7-14/h3-6,8H,7,14H2,1-2H3. The molecule has 2 N–H and O–H groups in total. The molecule has 0 saturated carbocycles. The van der Waals surface area contributed by atoms with Crippen LogP contribution >= 0.6 is 11.3 Å². The van der Waals surface area contributed by atoms with Gasteiger partial charge in [-0.1, -0.05) is 29.8 Å². The second kappa shape index (κ2) is 4.17. The lowest BCUT2D eigenvalue weighted by molar-refractivity contribution is 1.08. The summed E-state index contributed by atoms with van der Waals surface area (Å²) in [5, 5.41) is 2.16. The molecule has 0 atom stereocenters. The Morgan fingerprint density at radius 2 is 1.80 bits per heavy atom. The average molecular weight is 217 g/mol. The fraction of sp³-hybridized carbons (Fsp3) is 0.231. The van der Waals surface area contributed by atoms with E-state index in [2.05, 4.69) is 43.5 Å². The molecule has 1 aromatic carbocycles. The number of thiophene rings is 1. The maximum atomic E-state index is 5.74. The van der Waals surface area contributed by atoms with Gasteiger partial charge < -0.3 is 5.73 Å². The molecule has 0 unspecified atom stereocenters. The van der Waals surface area contributed by atoms with E-state index in [1.165, 1.54) is 27.1 Å². The normalized spacial score (nSPS) is 10.6. The van der Waals surface area contributed by atoms with Crippen molar-refractivity contribution in [3.63, 3.8) is 0 Å². The SMILES string of the molecule is Cc1ccc(-c2c(CN)csc2C)cc1. The Morgan fingerprint density at radius 1 is 1.13 bits per heavy atom. The van der Waals surface area contributed by atoms with Crippen molar-refractivity contribution in [2.75, 3.05) is 0 Å². The summed E-state index contributed by atoms with van der Waals surface area (Å²) in [7, 11) is 0. The number of hydrogen-bond acceptors (Lipinski definition) is 2. The first kappa shape index (κ1) is 10.4. The summed E-state index contributed by atoms with van der Waals surface area (Å²) >= 11 is 1.77. The third kappa shape index (κ3) is 1.96. The van der Waals surface area contributed by atoms with Gasteiger partial charge in [0.05, 0.1) is 0 Å². The van der Waals surface area contributed by atoms with Gasteiger partial charge in [0.1, 0.15) is 0 Å². The van der Waals surface area contributed by atoms with Crippen LogP contribution in [0.5, 0.6) is 0 Å². The van der Waals surface area contributed by atoms with E-state index in [9.17, 15) is 0 Å². The topological polar surface area (TPSA) is 26.0 Å². The van der Waals surface area contributed by atoms with Crippen LogP contribution in [-0.2, 0) is 6.54 Å². The molecule has 0 saturated heterocycles. The minimum atomic E-state index is 0.619. The van der Waals surface area contributed by atoms with Crippen LogP contribution in [0, 0.1) is 13.8 Å². The predicted molar refractivity (Wildman–Crippen MR) is 67.1 cm³/mol. The molecular weight excluding hydrogens is 202 g/mol. The lowest BCUT2D eigenvalue weighted by Crippen LogP contribution is -1.96. The van der Waals surface area contributed by atoms with Crippen molar-refractivity contribution < 1.29 is 0 Å². The van der Waals surface area contributed by atoms with Crippen LogP contribution in [-0.4, -0.2) is 0 Å². The van der Waals surface area contributed by atoms with Gasteiger partial charge >= 0.3 is 0 Å². The highest BCUT2D eigenvalue weighted by molar-refractivity contribution is 7.10. The van der Waals surface area contributed by atoms with Gasteiger partial charge in [-0.15, -0.1) is 11.3 Å². The van der Waals surface area contributed by atoms with E-state index in [1.807, 2.05) is 0 Å². The Labute approximate surface area is 94.6 Å². The van der Waals surface area contributed by atoms with Gasteiger partial charge in [-0.3, -0.25) is 0 Å². The zero-order valence-electron chi connectivity index (χ0n) is 9.08. The van der Waals surface area contributed by atoms with E-state index >= 15 is 0 Å². The number of aryl methyl sites for hydroxylation is 2.